The predicted molar refractivity (Wildman–Crippen MR) is 87.1 cm³/mol. The molecule has 0 radical (unpaired) electrons. The highest BCUT2D eigenvalue weighted by molar-refractivity contribution is 9.10. The monoisotopic (exact) mass is 358 g/mol. The van der Waals surface area contributed by atoms with Crippen LogP contribution in [-0.4, -0.2) is 21.7 Å². The second kappa shape index (κ2) is 5.70. The van der Waals surface area contributed by atoms with Crippen LogP contribution in [0.15, 0.2) is 16.6 Å². The SMILES string of the molecule is CC(C)(C)[Si](C)(C)OCCc1cc(Br)c2c(c1)OCO2. The minimum Gasteiger partial charge on any atom is -0.454 e. The highest BCUT2D eigenvalue weighted by Gasteiger charge is 2.36. The Kier molecular flexibility index (Phi) is 4.52. The molecule has 20 heavy (non-hydrogen) atoms. The second-order valence-electron chi connectivity index (χ2n) is 6.67. The van der Waals surface area contributed by atoms with E-state index in [4.69, 9.17) is 13.9 Å². The summed E-state index contributed by atoms with van der Waals surface area (Å²) in [5, 5.41) is 0.252. The van der Waals surface area contributed by atoms with Gasteiger partial charge in [0.2, 0.25) is 6.79 Å². The summed E-state index contributed by atoms with van der Waals surface area (Å²) >= 11 is 3.52. The summed E-state index contributed by atoms with van der Waals surface area (Å²) in [4.78, 5) is 0. The topological polar surface area (TPSA) is 27.7 Å². The molecule has 5 heteroatoms. The van der Waals surface area contributed by atoms with Crippen LogP contribution in [0.2, 0.25) is 18.1 Å². The maximum absolute atomic E-state index is 6.21. The zero-order valence-corrected chi connectivity index (χ0v) is 15.5. The molecule has 1 heterocycles. The van der Waals surface area contributed by atoms with E-state index in [0.717, 1.165) is 29.0 Å². The maximum atomic E-state index is 6.21. The molecule has 1 aromatic rings. The third-order valence-electron chi connectivity index (χ3n) is 4.15. The Morgan fingerprint density at radius 2 is 1.95 bits per heavy atom. The molecular formula is C15H23BrO3Si. The second-order valence-corrected chi connectivity index (χ2v) is 12.3. The van der Waals surface area contributed by atoms with Crippen LogP contribution in [0.3, 0.4) is 0 Å². The summed E-state index contributed by atoms with van der Waals surface area (Å²) in [6.07, 6.45) is 0.891. The van der Waals surface area contributed by atoms with E-state index in [1.807, 2.05) is 6.07 Å². The fourth-order valence-corrected chi connectivity index (χ4v) is 3.45. The van der Waals surface area contributed by atoms with Crippen molar-refractivity contribution in [3.05, 3.63) is 22.2 Å². The van der Waals surface area contributed by atoms with E-state index >= 15 is 0 Å². The number of rotatable bonds is 4. The van der Waals surface area contributed by atoms with Gasteiger partial charge in [0, 0.05) is 6.61 Å². The summed E-state index contributed by atoms with van der Waals surface area (Å²) < 4.78 is 18.0. The standard InChI is InChI=1S/C15H23BrO3Si/c1-15(2,3)20(4,5)19-7-6-11-8-12(16)14-13(9-11)17-10-18-14/h8-9H,6-7,10H2,1-5H3. The van der Waals surface area contributed by atoms with Gasteiger partial charge in [0.15, 0.2) is 19.8 Å². The molecule has 1 aliphatic rings. The first-order valence-corrected chi connectivity index (χ1v) is 10.6. The Bertz CT molecular complexity index is 495. The normalized spacial score (nSPS) is 14.7. The minimum atomic E-state index is -1.66. The Morgan fingerprint density at radius 3 is 2.60 bits per heavy atom. The zero-order valence-electron chi connectivity index (χ0n) is 12.9. The summed E-state index contributed by atoms with van der Waals surface area (Å²) in [7, 11) is -1.66. The van der Waals surface area contributed by atoms with Crippen LogP contribution in [0.4, 0.5) is 0 Å². The van der Waals surface area contributed by atoms with Gasteiger partial charge >= 0.3 is 0 Å². The molecule has 0 bridgehead atoms. The van der Waals surface area contributed by atoms with Gasteiger partial charge in [-0.25, -0.2) is 0 Å². The van der Waals surface area contributed by atoms with Gasteiger partial charge in [0.25, 0.3) is 0 Å². The van der Waals surface area contributed by atoms with Gasteiger partial charge in [-0.05, 0) is 58.2 Å². The van der Waals surface area contributed by atoms with Crippen molar-refractivity contribution < 1.29 is 13.9 Å². The number of hydrogen-bond acceptors (Lipinski definition) is 3. The fraction of sp³-hybridized carbons (Fsp3) is 0.600. The lowest BCUT2D eigenvalue weighted by molar-refractivity contribution is 0.173. The average molecular weight is 359 g/mol. The van der Waals surface area contributed by atoms with Crippen LogP contribution in [0.25, 0.3) is 0 Å². The summed E-state index contributed by atoms with van der Waals surface area (Å²) in [6, 6.07) is 4.13. The number of fused-ring (bicyclic) bond motifs is 1. The lowest BCUT2D eigenvalue weighted by Gasteiger charge is -2.36. The Morgan fingerprint density at radius 1 is 1.25 bits per heavy atom. The zero-order chi connectivity index (χ0) is 15.0. The van der Waals surface area contributed by atoms with Crippen LogP contribution in [0.1, 0.15) is 26.3 Å². The van der Waals surface area contributed by atoms with E-state index in [0.29, 0.717) is 6.79 Å². The quantitative estimate of drug-likeness (QED) is 0.727. The average Bonchev–Trinajstić information content (AvgIpc) is 2.75. The first-order valence-electron chi connectivity index (χ1n) is 6.93. The third-order valence-corrected chi connectivity index (χ3v) is 9.27. The van der Waals surface area contributed by atoms with E-state index in [9.17, 15) is 0 Å². The van der Waals surface area contributed by atoms with Crippen LogP contribution in [-0.2, 0) is 10.8 Å². The van der Waals surface area contributed by atoms with Gasteiger partial charge in [0.1, 0.15) is 0 Å². The molecule has 0 atom stereocenters. The molecule has 3 nitrogen and oxygen atoms in total. The van der Waals surface area contributed by atoms with Crippen molar-refractivity contribution in [2.24, 2.45) is 0 Å². The predicted octanol–water partition coefficient (Wildman–Crippen LogP) is 4.74. The Labute approximate surface area is 130 Å². The molecule has 0 unspecified atom stereocenters. The van der Waals surface area contributed by atoms with Crippen molar-refractivity contribution >= 4 is 24.2 Å². The summed E-state index contributed by atoms with van der Waals surface area (Å²) in [6.45, 7) is 12.4. The van der Waals surface area contributed by atoms with E-state index in [2.05, 4.69) is 55.9 Å². The molecule has 1 aliphatic heterocycles. The third kappa shape index (κ3) is 3.38. The lowest BCUT2D eigenvalue weighted by atomic mass is 10.1. The minimum absolute atomic E-state index is 0.252. The van der Waals surface area contributed by atoms with E-state index in [1.54, 1.807) is 0 Å². The smallest absolute Gasteiger partial charge is 0.231 e. The molecule has 0 amide bonds. The largest absolute Gasteiger partial charge is 0.454 e. The van der Waals surface area contributed by atoms with Gasteiger partial charge < -0.3 is 13.9 Å². The number of halogens is 1. The summed E-state index contributed by atoms with van der Waals surface area (Å²) in [5.41, 5.74) is 1.21. The van der Waals surface area contributed by atoms with E-state index in [1.165, 1.54) is 5.56 Å². The van der Waals surface area contributed by atoms with Crippen molar-refractivity contribution in [1.82, 2.24) is 0 Å². The molecule has 0 aliphatic carbocycles. The highest BCUT2D eigenvalue weighted by Crippen LogP contribution is 2.40. The Hall–Kier alpha value is -0.523. The molecule has 0 spiro atoms. The van der Waals surface area contributed by atoms with Crippen LogP contribution in [0.5, 0.6) is 11.5 Å². The van der Waals surface area contributed by atoms with Gasteiger partial charge in [0.05, 0.1) is 4.47 Å². The highest BCUT2D eigenvalue weighted by atomic mass is 79.9. The fourth-order valence-electron chi connectivity index (χ4n) is 1.81. The molecule has 0 N–H and O–H groups in total. The maximum Gasteiger partial charge on any atom is 0.231 e. The van der Waals surface area contributed by atoms with E-state index < -0.39 is 8.32 Å². The van der Waals surface area contributed by atoms with Gasteiger partial charge in [-0.1, -0.05) is 20.8 Å². The van der Waals surface area contributed by atoms with Crippen molar-refractivity contribution in [1.29, 1.82) is 0 Å². The number of ether oxygens (including phenoxy) is 2. The summed E-state index contributed by atoms with van der Waals surface area (Å²) in [5.74, 6) is 1.63. The van der Waals surface area contributed by atoms with E-state index in [-0.39, 0.29) is 5.04 Å². The lowest BCUT2D eigenvalue weighted by Crippen LogP contribution is -2.41. The molecule has 0 aromatic heterocycles. The number of hydrogen-bond donors (Lipinski definition) is 0. The molecule has 1 aromatic carbocycles. The van der Waals surface area contributed by atoms with Gasteiger partial charge in [-0.2, -0.15) is 0 Å². The van der Waals surface area contributed by atoms with Crippen LogP contribution >= 0.6 is 15.9 Å². The molecule has 0 fully saturated rings. The molecule has 112 valence electrons. The van der Waals surface area contributed by atoms with Crippen molar-refractivity contribution in [2.45, 2.75) is 45.3 Å². The van der Waals surface area contributed by atoms with Crippen molar-refractivity contribution in [2.75, 3.05) is 13.4 Å². The van der Waals surface area contributed by atoms with Gasteiger partial charge in [-0.3, -0.25) is 0 Å². The molecule has 0 saturated heterocycles. The van der Waals surface area contributed by atoms with Crippen LogP contribution in [0, 0.1) is 0 Å². The van der Waals surface area contributed by atoms with Gasteiger partial charge in [-0.15, -0.1) is 0 Å². The van der Waals surface area contributed by atoms with Crippen LogP contribution < -0.4 is 9.47 Å². The molecule has 2 rings (SSSR count). The van der Waals surface area contributed by atoms with Crippen molar-refractivity contribution in [3.63, 3.8) is 0 Å². The molecule has 0 saturated carbocycles. The molecular weight excluding hydrogens is 336 g/mol. The number of benzene rings is 1. The first kappa shape index (κ1) is 15.9. The first-order chi connectivity index (χ1) is 9.21. The Balaban J connectivity index is 1.97. The van der Waals surface area contributed by atoms with Crippen molar-refractivity contribution in [3.8, 4) is 11.5 Å².